The molecule has 1 saturated heterocycles. The number of hydrogen-bond acceptors (Lipinski definition) is 4. The molecule has 2 atom stereocenters. The third kappa shape index (κ3) is 6.34. The van der Waals surface area contributed by atoms with Gasteiger partial charge in [0.2, 0.25) is 11.8 Å². The van der Waals surface area contributed by atoms with Gasteiger partial charge in [0.05, 0.1) is 6.42 Å². The standard InChI is InChI=1S/C20H30N4O2.2ClH/c1-23-9-11-24(12-10-23)19(25)13-15-5-7-17(8-6-15)22-20(26)18-4-2-3-16(18)14-21;;/h5-8,16,18H,2-4,9-14,21H2,1H3,(H,22,26);2*1H/t16-,18-;;/m1../s1. The Hall–Kier alpha value is -1.34. The van der Waals surface area contributed by atoms with Crippen LogP contribution in [-0.4, -0.2) is 61.4 Å². The normalized spacial score (nSPS) is 22.1. The zero-order valence-electron chi connectivity index (χ0n) is 16.4. The van der Waals surface area contributed by atoms with Crippen molar-refractivity contribution in [3.8, 4) is 0 Å². The Morgan fingerprint density at radius 2 is 1.71 bits per heavy atom. The number of likely N-dealkylation sites (N-methyl/N-ethyl adjacent to an activating group) is 1. The highest BCUT2D eigenvalue weighted by Gasteiger charge is 2.31. The average Bonchev–Trinajstić information content (AvgIpc) is 3.13. The minimum absolute atomic E-state index is 0. The van der Waals surface area contributed by atoms with E-state index >= 15 is 0 Å². The number of nitrogens with one attached hydrogen (secondary N) is 1. The Labute approximate surface area is 180 Å². The van der Waals surface area contributed by atoms with Crippen LogP contribution in [0.4, 0.5) is 5.69 Å². The van der Waals surface area contributed by atoms with Crippen LogP contribution in [0.1, 0.15) is 24.8 Å². The fourth-order valence-electron chi connectivity index (χ4n) is 3.95. The zero-order chi connectivity index (χ0) is 18.5. The van der Waals surface area contributed by atoms with Gasteiger partial charge in [-0.15, -0.1) is 24.8 Å². The van der Waals surface area contributed by atoms with Gasteiger partial charge in [-0.2, -0.15) is 0 Å². The van der Waals surface area contributed by atoms with Crippen molar-refractivity contribution in [1.29, 1.82) is 0 Å². The maximum absolute atomic E-state index is 12.4. The lowest BCUT2D eigenvalue weighted by Gasteiger charge is -2.32. The summed E-state index contributed by atoms with van der Waals surface area (Å²) < 4.78 is 0. The highest BCUT2D eigenvalue weighted by molar-refractivity contribution is 5.93. The van der Waals surface area contributed by atoms with Gasteiger partial charge >= 0.3 is 0 Å². The molecule has 3 rings (SSSR count). The van der Waals surface area contributed by atoms with Gasteiger partial charge < -0.3 is 20.9 Å². The second kappa shape index (κ2) is 11.6. The molecule has 0 radical (unpaired) electrons. The predicted octanol–water partition coefficient (Wildman–Crippen LogP) is 2.16. The van der Waals surface area contributed by atoms with Gasteiger partial charge in [0.25, 0.3) is 0 Å². The number of hydrogen-bond donors (Lipinski definition) is 2. The molecule has 6 nitrogen and oxygen atoms in total. The molecular weight excluding hydrogens is 399 g/mol. The van der Waals surface area contributed by atoms with E-state index in [1.165, 1.54) is 0 Å². The maximum atomic E-state index is 12.4. The first kappa shape index (κ1) is 24.7. The van der Waals surface area contributed by atoms with E-state index in [4.69, 9.17) is 5.73 Å². The highest BCUT2D eigenvalue weighted by Crippen LogP contribution is 2.31. The first-order valence-corrected chi connectivity index (χ1v) is 9.63. The SMILES string of the molecule is CN1CCN(C(=O)Cc2ccc(NC(=O)[C@@H]3CCC[C@@H]3CN)cc2)CC1.Cl.Cl. The first-order chi connectivity index (χ1) is 12.6. The van der Waals surface area contributed by atoms with E-state index in [9.17, 15) is 9.59 Å². The van der Waals surface area contributed by atoms with E-state index in [-0.39, 0.29) is 42.5 Å². The summed E-state index contributed by atoms with van der Waals surface area (Å²) in [6, 6.07) is 7.63. The summed E-state index contributed by atoms with van der Waals surface area (Å²) in [6.45, 7) is 4.04. The van der Waals surface area contributed by atoms with Crippen LogP contribution in [0.2, 0.25) is 0 Å². The second-order valence-corrected chi connectivity index (χ2v) is 7.58. The van der Waals surface area contributed by atoms with Crippen molar-refractivity contribution < 1.29 is 9.59 Å². The molecule has 1 aromatic carbocycles. The number of halogens is 2. The van der Waals surface area contributed by atoms with Crippen molar-refractivity contribution in [3.05, 3.63) is 29.8 Å². The molecule has 2 aliphatic rings. The number of piperazine rings is 1. The quantitative estimate of drug-likeness (QED) is 0.749. The summed E-state index contributed by atoms with van der Waals surface area (Å²) in [6.07, 6.45) is 3.45. The van der Waals surface area contributed by atoms with Gasteiger partial charge in [0.1, 0.15) is 0 Å². The largest absolute Gasteiger partial charge is 0.340 e. The maximum Gasteiger partial charge on any atom is 0.227 e. The Bertz CT molecular complexity index is 634. The molecule has 3 N–H and O–H groups in total. The summed E-state index contributed by atoms with van der Waals surface area (Å²) in [7, 11) is 2.08. The summed E-state index contributed by atoms with van der Waals surface area (Å²) in [5.74, 6) is 0.569. The average molecular weight is 431 g/mol. The zero-order valence-corrected chi connectivity index (χ0v) is 18.1. The fraction of sp³-hybridized carbons (Fsp3) is 0.600. The minimum atomic E-state index is 0. The van der Waals surface area contributed by atoms with Gasteiger partial charge in [-0.1, -0.05) is 18.6 Å². The van der Waals surface area contributed by atoms with Crippen LogP contribution >= 0.6 is 24.8 Å². The summed E-state index contributed by atoms with van der Waals surface area (Å²) >= 11 is 0. The molecular formula is C20H32Cl2N4O2. The van der Waals surface area contributed by atoms with E-state index < -0.39 is 0 Å². The van der Waals surface area contributed by atoms with Crippen molar-refractivity contribution in [2.75, 3.05) is 45.1 Å². The third-order valence-electron chi connectivity index (χ3n) is 5.73. The van der Waals surface area contributed by atoms with Gasteiger partial charge in [0.15, 0.2) is 0 Å². The van der Waals surface area contributed by atoms with Crippen LogP contribution in [0.3, 0.4) is 0 Å². The van der Waals surface area contributed by atoms with Crippen LogP contribution in [0.15, 0.2) is 24.3 Å². The van der Waals surface area contributed by atoms with Crippen LogP contribution in [0.25, 0.3) is 0 Å². The molecule has 28 heavy (non-hydrogen) atoms. The molecule has 158 valence electrons. The van der Waals surface area contributed by atoms with Gasteiger partial charge in [-0.05, 0) is 50.0 Å². The number of carbonyl (C=O) groups excluding carboxylic acids is 2. The van der Waals surface area contributed by atoms with E-state index in [2.05, 4.69) is 17.3 Å². The van der Waals surface area contributed by atoms with Crippen molar-refractivity contribution in [1.82, 2.24) is 9.80 Å². The summed E-state index contributed by atoms with van der Waals surface area (Å²) in [4.78, 5) is 29.0. The first-order valence-electron chi connectivity index (χ1n) is 9.63. The highest BCUT2D eigenvalue weighted by atomic mass is 35.5. The lowest BCUT2D eigenvalue weighted by molar-refractivity contribution is -0.132. The molecule has 2 amide bonds. The lowest BCUT2D eigenvalue weighted by atomic mass is 9.95. The van der Waals surface area contributed by atoms with E-state index in [0.717, 1.165) is 56.7 Å². The number of anilines is 1. The number of rotatable bonds is 5. The number of carbonyl (C=O) groups is 2. The van der Waals surface area contributed by atoms with Gasteiger partial charge in [-0.25, -0.2) is 0 Å². The molecule has 1 aliphatic heterocycles. The Morgan fingerprint density at radius 3 is 2.32 bits per heavy atom. The molecule has 0 unspecified atom stereocenters. The van der Waals surface area contributed by atoms with Crippen molar-refractivity contribution in [2.24, 2.45) is 17.6 Å². The van der Waals surface area contributed by atoms with Gasteiger partial charge in [-0.3, -0.25) is 9.59 Å². The summed E-state index contributed by atoms with van der Waals surface area (Å²) in [5, 5.41) is 3.00. The lowest BCUT2D eigenvalue weighted by Crippen LogP contribution is -2.47. The Kier molecular flexibility index (Phi) is 10.2. The van der Waals surface area contributed by atoms with E-state index in [0.29, 0.717) is 18.9 Å². The molecule has 8 heteroatoms. The molecule has 1 aromatic rings. The topological polar surface area (TPSA) is 78.7 Å². The number of nitrogens with zero attached hydrogens (tertiary/aromatic N) is 2. The molecule has 1 aliphatic carbocycles. The van der Waals surface area contributed by atoms with Crippen LogP contribution < -0.4 is 11.1 Å². The van der Waals surface area contributed by atoms with Crippen molar-refractivity contribution in [2.45, 2.75) is 25.7 Å². The number of benzene rings is 1. The van der Waals surface area contributed by atoms with Crippen LogP contribution in [0, 0.1) is 11.8 Å². The molecule has 0 aromatic heterocycles. The van der Waals surface area contributed by atoms with E-state index in [1.54, 1.807) is 0 Å². The predicted molar refractivity (Wildman–Crippen MR) is 117 cm³/mol. The van der Waals surface area contributed by atoms with Crippen LogP contribution in [0.5, 0.6) is 0 Å². The van der Waals surface area contributed by atoms with Crippen molar-refractivity contribution >= 4 is 42.3 Å². The van der Waals surface area contributed by atoms with Crippen LogP contribution in [-0.2, 0) is 16.0 Å². The number of nitrogens with two attached hydrogens (primary N) is 1. The van der Waals surface area contributed by atoms with Gasteiger partial charge in [0, 0.05) is 37.8 Å². The fourth-order valence-corrected chi connectivity index (χ4v) is 3.95. The smallest absolute Gasteiger partial charge is 0.227 e. The van der Waals surface area contributed by atoms with E-state index in [1.807, 2.05) is 29.2 Å². The Balaban J connectivity index is 0.00000196. The monoisotopic (exact) mass is 430 g/mol. The van der Waals surface area contributed by atoms with Crippen molar-refractivity contribution in [3.63, 3.8) is 0 Å². The Morgan fingerprint density at radius 1 is 1.07 bits per heavy atom. The second-order valence-electron chi connectivity index (χ2n) is 7.58. The molecule has 1 saturated carbocycles. The molecule has 0 spiro atoms. The molecule has 1 heterocycles. The summed E-state index contributed by atoms with van der Waals surface area (Å²) in [5.41, 5.74) is 7.54. The minimum Gasteiger partial charge on any atom is -0.340 e. The third-order valence-corrected chi connectivity index (χ3v) is 5.73. The molecule has 2 fully saturated rings. The molecule has 0 bridgehead atoms. The number of amides is 2.